The highest BCUT2D eigenvalue weighted by molar-refractivity contribution is 5.82. The molecule has 0 spiro atoms. The molecule has 1 fully saturated rings. The Morgan fingerprint density at radius 3 is 2.42 bits per heavy atom. The van der Waals surface area contributed by atoms with E-state index in [1.807, 2.05) is 12.1 Å². The van der Waals surface area contributed by atoms with Gasteiger partial charge < -0.3 is 4.90 Å². The molecule has 26 heavy (non-hydrogen) atoms. The molecule has 0 aliphatic carbocycles. The average Bonchev–Trinajstić information content (AvgIpc) is 3.08. The second-order valence-electron chi connectivity index (χ2n) is 7.11. The Morgan fingerprint density at radius 2 is 1.73 bits per heavy atom. The monoisotopic (exact) mass is 350 g/mol. The summed E-state index contributed by atoms with van der Waals surface area (Å²) in [5, 5.41) is 7.86. The Morgan fingerprint density at radius 1 is 1.04 bits per heavy atom. The number of nitrogens with zero attached hydrogens (tertiary/aromatic N) is 3. The Labute approximate surface area is 153 Å². The number of halogens is 1. The van der Waals surface area contributed by atoms with Crippen molar-refractivity contribution in [2.75, 3.05) is 20.1 Å². The van der Waals surface area contributed by atoms with Crippen molar-refractivity contribution >= 4 is 0 Å². The average molecular weight is 350 g/mol. The highest BCUT2D eigenvalue weighted by atomic mass is 19.1. The first-order chi connectivity index (χ1) is 12.7. The van der Waals surface area contributed by atoms with Crippen LogP contribution < -0.4 is 0 Å². The number of likely N-dealkylation sites (tertiary alicyclic amines) is 1. The molecule has 1 aliphatic heterocycles. The number of benzene rings is 1. The van der Waals surface area contributed by atoms with Crippen LogP contribution in [-0.4, -0.2) is 40.2 Å². The van der Waals surface area contributed by atoms with Crippen molar-refractivity contribution in [2.24, 2.45) is 5.92 Å². The second-order valence-corrected chi connectivity index (χ2v) is 7.11. The molecule has 1 N–H and O–H groups in total. The van der Waals surface area contributed by atoms with Crippen LogP contribution in [-0.2, 0) is 6.42 Å². The molecule has 4 rings (SSSR count). The zero-order valence-corrected chi connectivity index (χ0v) is 15.0. The molecule has 1 saturated heterocycles. The fourth-order valence-corrected chi connectivity index (χ4v) is 3.72. The van der Waals surface area contributed by atoms with Gasteiger partial charge in [-0.15, -0.1) is 0 Å². The fourth-order valence-electron chi connectivity index (χ4n) is 3.72. The van der Waals surface area contributed by atoms with Crippen LogP contribution in [0.5, 0.6) is 0 Å². The summed E-state index contributed by atoms with van der Waals surface area (Å²) < 4.78 is 13.3. The SMILES string of the molecule is CN1CCC(Cc2n[nH]c(-c3ccc(F)cc3)c2-c2ccncc2)CC1. The van der Waals surface area contributed by atoms with Crippen molar-refractivity contribution in [3.8, 4) is 22.4 Å². The lowest BCUT2D eigenvalue weighted by Gasteiger charge is -2.28. The smallest absolute Gasteiger partial charge is 0.123 e. The summed E-state index contributed by atoms with van der Waals surface area (Å²) in [6, 6.07) is 10.6. The predicted octanol–water partition coefficient (Wildman–Crippen LogP) is 4.16. The van der Waals surface area contributed by atoms with Gasteiger partial charge in [0.1, 0.15) is 5.82 Å². The molecule has 0 unspecified atom stereocenters. The summed E-state index contributed by atoms with van der Waals surface area (Å²) in [4.78, 5) is 6.52. The van der Waals surface area contributed by atoms with E-state index in [0.717, 1.165) is 47.6 Å². The molecule has 3 heterocycles. The fraction of sp³-hybridized carbons (Fsp3) is 0.333. The van der Waals surface area contributed by atoms with Crippen molar-refractivity contribution in [2.45, 2.75) is 19.3 Å². The number of rotatable bonds is 4. The lowest BCUT2D eigenvalue weighted by atomic mass is 9.89. The quantitative estimate of drug-likeness (QED) is 0.768. The third-order valence-electron chi connectivity index (χ3n) is 5.26. The van der Waals surface area contributed by atoms with E-state index in [1.54, 1.807) is 24.5 Å². The number of aromatic amines is 1. The minimum atomic E-state index is -0.231. The van der Waals surface area contributed by atoms with Crippen LogP contribution in [0.4, 0.5) is 4.39 Å². The van der Waals surface area contributed by atoms with Gasteiger partial charge in [0.2, 0.25) is 0 Å². The number of hydrogen-bond donors (Lipinski definition) is 1. The maximum atomic E-state index is 13.3. The lowest BCUT2D eigenvalue weighted by Crippen LogP contribution is -2.31. The normalized spacial score (nSPS) is 16.1. The lowest BCUT2D eigenvalue weighted by molar-refractivity contribution is 0.218. The molecule has 3 aromatic rings. The van der Waals surface area contributed by atoms with Gasteiger partial charge in [-0.1, -0.05) is 0 Å². The van der Waals surface area contributed by atoms with Crippen LogP contribution in [0.1, 0.15) is 18.5 Å². The van der Waals surface area contributed by atoms with E-state index in [2.05, 4.69) is 27.1 Å². The van der Waals surface area contributed by atoms with Gasteiger partial charge in [-0.3, -0.25) is 10.1 Å². The molecule has 0 saturated carbocycles. The number of nitrogens with one attached hydrogen (secondary N) is 1. The minimum absolute atomic E-state index is 0.231. The van der Waals surface area contributed by atoms with Crippen LogP contribution in [0, 0.1) is 11.7 Å². The molecule has 0 radical (unpaired) electrons. The summed E-state index contributed by atoms with van der Waals surface area (Å²) in [6.45, 7) is 2.29. The summed E-state index contributed by atoms with van der Waals surface area (Å²) in [5.74, 6) is 0.418. The molecular weight excluding hydrogens is 327 g/mol. The van der Waals surface area contributed by atoms with Crippen LogP contribution >= 0.6 is 0 Å². The van der Waals surface area contributed by atoms with Gasteiger partial charge in [-0.05, 0) is 87.3 Å². The first kappa shape index (κ1) is 16.9. The molecule has 1 aromatic carbocycles. The van der Waals surface area contributed by atoms with E-state index < -0.39 is 0 Å². The second kappa shape index (κ2) is 7.38. The third kappa shape index (κ3) is 3.53. The first-order valence-corrected chi connectivity index (χ1v) is 9.13. The maximum absolute atomic E-state index is 13.3. The van der Waals surface area contributed by atoms with Gasteiger partial charge in [0.05, 0.1) is 11.4 Å². The van der Waals surface area contributed by atoms with Gasteiger partial charge in [0.25, 0.3) is 0 Å². The molecule has 4 nitrogen and oxygen atoms in total. The largest absolute Gasteiger partial charge is 0.306 e. The topological polar surface area (TPSA) is 44.8 Å². The highest BCUT2D eigenvalue weighted by Crippen LogP contribution is 2.35. The van der Waals surface area contributed by atoms with Gasteiger partial charge in [-0.25, -0.2) is 4.39 Å². The Hall–Kier alpha value is -2.53. The maximum Gasteiger partial charge on any atom is 0.123 e. The third-order valence-corrected chi connectivity index (χ3v) is 5.26. The summed E-state index contributed by atoms with van der Waals surface area (Å²) in [7, 11) is 2.18. The van der Waals surface area contributed by atoms with E-state index >= 15 is 0 Å². The standard InChI is InChI=1S/C21H23FN4/c1-26-12-8-15(9-13-26)14-19-20(16-6-10-23-11-7-16)21(25-24-19)17-2-4-18(22)5-3-17/h2-7,10-11,15H,8-9,12-14H2,1H3,(H,24,25). The predicted molar refractivity (Wildman–Crippen MR) is 101 cm³/mol. The Bertz CT molecular complexity index is 849. The molecule has 0 bridgehead atoms. The van der Waals surface area contributed by atoms with Gasteiger partial charge in [0.15, 0.2) is 0 Å². The van der Waals surface area contributed by atoms with Gasteiger partial charge in [0, 0.05) is 23.5 Å². The number of piperidine rings is 1. The van der Waals surface area contributed by atoms with Crippen molar-refractivity contribution in [1.29, 1.82) is 0 Å². The summed E-state index contributed by atoms with van der Waals surface area (Å²) >= 11 is 0. The zero-order chi connectivity index (χ0) is 17.9. The minimum Gasteiger partial charge on any atom is -0.306 e. The number of pyridine rings is 1. The van der Waals surface area contributed by atoms with Crippen molar-refractivity contribution in [3.05, 3.63) is 60.3 Å². The van der Waals surface area contributed by atoms with Crippen molar-refractivity contribution in [1.82, 2.24) is 20.1 Å². The van der Waals surface area contributed by atoms with E-state index in [1.165, 1.54) is 25.0 Å². The van der Waals surface area contributed by atoms with Crippen LogP contribution in [0.25, 0.3) is 22.4 Å². The first-order valence-electron chi connectivity index (χ1n) is 9.13. The Balaban J connectivity index is 1.71. The van der Waals surface area contributed by atoms with Crippen LogP contribution in [0.3, 0.4) is 0 Å². The van der Waals surface area contributed by atoms with Crippen LogP contribution in [0.15, 0.2) is 48.8 Å². The van der Waals surface area contributed by atoms with E-state index in [0.29, 0.717) is 5.92 Å². The number of H-pyrrole nitrogens is 1. The molecule has 134 valence electrons. The molecular formula is C21H23FN4. The van der Waals surface area contributed by atoms with Crippen LogP contribution in [0.2, 0.25) is 0 Å². The summed E-state index contributed by atoms with van der Waals surface area (Å²) in [6.07, 6.45) is 6.96. The van der Waals surface area contributed by atoms with Gasteiger partial charge in [-0.2, -0.15) is 5.10 Å². The van der Waals surface area contributed by atoms with Crippen molar-refractivity contribution in [3.63, 3.8) is 0 Å². The van der Waals surface area contributed by atoms with Crippen molar-refractivity contribution < 1.29 is 4.39 Å². The number of aromatic nitrogens is 3. The van der Waals surface area contributed by atoms with E-state index in [9.17, 15) is 4.39 Å². The van der Waals surface area contributed by atoms with E-state index in [4.69, 9.17) is 0 Å². The molecule has 1 aliphatic rings. The molecule has 0 amide bonds. The van der Waals surface area contributed by atoms with E-state index in [-0.39, 0.29) is 5.82 Å². The molecule has 0 atom stereocenters. The number of hydrogen-bond acceptors (Lipinski definition) is 3. The zero-order valence-electron chi connectivity index (χ0n) is 15.0. The Kier molecular flexibility index (Phi) is 4.80. The molecule has 5 heteroatoms. The summed E-state index contributed by atoms with van der Waals surface area (Å²) in [5.41, 5.74) is 5.18. The highest BCUT2D eigenvalue weighted by Gasteiger charge is 2.22. The van der Waals surface area contributed by atoms with Gasteiger partial charge >= 0.3 is 0 Å². The molecule has 2 aromatic heterocycles.